The van der Waals surface area contributed by atoms with Crippen LogP contribution >= 0.6 is 11.8 Å². The molecule has 1 aromatic rings. The maximum Gasteiger partial charge on any atom is 0.137 e. The van der Waals surface area contributed by atoms with E-state index in [9.17, 15) is 0 Å². The highest BCUT2D eigenvalue weighted by Crippen LogP contribution is 2.09. The lowest BCUT2D eigenvalue weighted by Gasteiger charge is -2.05. The van der Waals surface area contributed by atoms with Gasteiger partial charge in [-0.1, -0.05) is 6.92 Å². The molecule has 0 atom stereocenters. The van der Waals surface area contributed by atoms with Crippen LogP contribution in [0.1, 0.15) is 12.6 Å². The van der Waals surface area contributed by atoms with Crippen LogP contribution < -0.4 is 4.74 Å². The van der Waals surface area contributed by atoms with Gasteiger partial charge in [0.2, 0.25) is 0 Å². The summed E-state index contributed by atoms with van der Waals surface area (Å²) in [5.74, 6) is 2.88. The Morgan fingerprint density at radius 2 is 2.36 bits per heavy atom. The molecule has 1 heterocycles. The van der Waals surface area contributed by atoms with Gasteiger partial charge < -0.3 is 9.84 Å². The van der Waals surface area contributed by atoms with Crippen molar-refractivity contribution < 1.29 is 9.84 Å². The van der Waals surface area contributed by atoms with Gasteiger partial charge in [-0.15, -0.1) is 0 Å². The fraction of sp³-hybridized carbons (Fsp3) is 0.500. The molecule has 0 fully saturated rings. The zero-order valence-corrected chi connectivity index (χ0v) is 9.09. The normalized spacial score (nSPS) is 10.1. The summed E-state index contributed by atoms with van der Waals surface area (Å²) in [6.07, 6.45) is 1.64. The highest BCUT2D eigenvalue weighted by atomic mass is 32.2. The second-order valence-electron chi connectivity index (χ2n) is 2.69. The van der Waals surface area contributed by atoms with E-state index in [1.54, 1.807) is 12.3 Å². The van der Waals surface area contributed by atoms with Crippen molar-refractivity contribution in [3.05, 3.63) is 24.0 Å². The quantitative estimate of drug-likeness (QED) is 0.730. The number of aliphatic hydroxyl groups is 1. The summed E-state index contributed by atoms with van der Waals surface area (Å²) >= 11 is 1.85. The molecule has 78 valence electrons. The first-order valence-electron chi connectivity index (χ1n) is 4.63. The molecule has 14 heavy (non-hydrogen) atoms. The van der Waals surface area contributed by atoms with Gasteiger partial charge in [-0.2, -0.15) is 11.8 Å². The summed E-state index contributed by atoms with van der Waals surface area (Å²) < 4.78 is 5.44. The fourth-order valence-electron chi connectivity index (χ4n) is 0.953. The molecule has 0 saturated carbocycles. The van der Waals surface area contributed by atoms with Gasteiger partial charge in [0, 0.05) is 5.75 Å². The van der Waals surface area contributed by atoms with Crippen molar-refractivity contribution >= 4 is 11.8 Å². The van der Waals surface area contributed by atoms with Gasteiger partial charge in [0.25, 0.3) is 0 Å². The number of thioether (sulfide) groups is 1. The second kappa shape index (κ2) is 6.68. The number of aliphatic hydroxyl groups excluding tert-OH is 1. The maximum atomic E-state index is 8.77. The lowest BCUT2D eigenvalue weighted by molar-refractivity contribution is 0.276. The molecule has 0 bridgehead atoms. The number of ether oxygens (including phenoxy) is 1. The van der Waals surface area contributed by atoms with Gasteiger partial charge in [-0.25, -0.2) is 0 Å². The van der Waals surface area contributed by atoms with Gasteiger partial charge in [-0.05, 0) is 17.9 Å². The minimum Gasteiger partial charge on any atom is -0.491 e. The van der Waals surface area contributed by atoms with Crippen LogP contribution in [-0.4, -0.2) is 28.2 Å². The van der Waals surface area contributed by atoms with Gasteiger partial charge in [0.1, 0.15) is 5.75 Å². The summed E-state index contributed by atoms with van der Waals surface area (Å²) in [7, 11) is 0. The van der Waals surface area contributed by atoms with Crippen molar-refractivity contribution in [2.24, 2.45) is 0 Å². The molecule has 0 unspecified atom stereocenters. The number of rotatable bonds is 6. The van der Waals surface area contributed by atoms with E-state index in [0.29, 0.717) is 12.3 Å². The number of hydrogen-bond acceptors (Lipinski definition) is 4. The minimum atomic E-state index is -0.0219. The molecule has 3 nitrogen and oxygen atoms in total. The van der Waals surface area contributed by atoms with Gasteiger partial charge in [0.05, 0.1) is 25.1 Å². The molecule has 0 saturated heterocycles. The predicted octanol–water partition coefficient (Wildman–Crippen LogP) is 1.71. The van der Waals surface area contributed by atoms with Gasteiger partial charge in [0.15, 0.2) is 0 Å². The van der Waals surface area contributed by atoms with Crippen LogP contribution in [0, 0.1) is 0 Å². The van der Waals surface area contributed by atoms with Crippen molar-refractivity contribution in [1.82, 2.24) is 4.98 Å². The Labute approximate surface area is 88.5 Å². The van der Waals surface area contributed by atoms with Crippen LogP contribution in [-0.2, 0) is 6.61 Å². The number of aromatic nitrogens is 1. The molecular formula is C10H15NO2S. The SMILES string of the molecule is CCSCCOc1ccc(CO)nc1. The predicted molar refractivity (Wildman–Crippen MR) is 58.7 cm³/mol. The average Bonchev–Trinajstić information content (AvgIpc) is 2.25. The Morgan fingerprint density at radius 1 is 1.50 bits per heavy atom. The van der Waals surface area contributed by atoms with Crippen molar-refractivity contribution in [1.29, 1.82) is 0 Å². The average molecular weight is 213 g/mol. The fourth-order valence-corrected chi connectivity index (χ4v) is 1.44. The third-order valence-electron chi connectivity index (χ3n) is 1.66. The summed E-state index contributed by atoms with van der Waals surface area (Å²) in [5, 5.41) is 8.77. The molecule has 0 aliphatic carbocycles. The molecule has 1 rings (SSSR count). The Hall–Kier alpha value is -0.740. The second-order valence-corrected chi connectivity index (χ2v) is 4.08. The van der Waals surface area contributed by atoms with E-state index in [-0.39, 0.29) is 6.61 Å². The Balaban J connectivity index is 2.29. The first-order chi connectivity index (χ1) is 6.86. The third kappa shape index (κ3) is 3.98. The third-order valence-corrected chi connectivity index (χ3v) is 2.52. The van der Waals surface area contributed by atoms with Crippen molar-refractivity contribution in [3.8, 4) is 5.75 Å². The van der Waals surface area contributed by atoms with Crippen molar-refractivity contribution in [2.75, 3.05) is 18.1 Å². The highest BCUT2D eigenvalue weighted by Gasteiger charge is 1.95. The van der Waals surface area contributed by atoms with Crippen LogP contribution in [0.2, 0.25) is 0 Å². The van der Waals surface area contributed by atoms with E-state index in [1.165, 1.54) is 0 Å². The molecule has 0 radical (unpaired) electrons. The van der Waals surface area contributed by atoms with Crippen molar-refractivity contribution in [3.63, 3.8) is 0 Å². The van der Waals surface area contributed by atoms with E-state index >= 15 is 0 Å². The van der Waals surface area contributed by atoms with Crippen LogP contribution in [0.4, 0.5) is 0 Å². The monoisotopic (exact) mass is 213 g/mol. The van der Waals surface area contributed by atoms with Crippen LogP contribution in [0.5, 0.6) is 5.75 Å². The van der Waals surface area contributed by atoms with E-state index < -0.39 is 0 Å². The van der Waals surface area contributed by atoms with Gasteiger partial charge >= 0.3 is 0 Å². The molecule has 0 spiro atoms. The summed E-state index contributed by atoms with van der Waals surface area (Å²) in [6.45, 7) is 2.81. The van der Waals surface area contributed by atoms with Crippen LogP contribution in [0.25, 0.3) is 0 Å². The number of pyridine rings is 1. The molecule has 4 heteroatoms. The largest absolute Gasteiger partial charge is 0.491 e. The van der Waals surface area contributed by atoms with Gasteiger partial charge in [-0.3, -0.25) is 4.98 Å². The number of nitrogens with zero attached hydrogens (tertiary/aromatic N) is 1. The first kappa shape index (κ1) is 11.3. The smallest absolute Gasteiger partial charge is 0.137 e. The van der Waals surface area contributed by atoms with E-state index in [1.807, 2.05) is 17.8 Å². The molecule has 0 aromatic carbocycles. The lowest BCUT2D eigenvalue weighted by Crippen LogP contribution is -2.01. The summed E-state index contributed by atoms with van der Waals surface area (Å²) in [5.41, 5.74) is 0.667. The molecule has 0 aliphatic rings. The van der Waals surface area contributed by atoms with E-state index in [4.69, 9.17) is 9.84 Å². The molecule has 0 amide bonds. The minimum absolute atomic E-state index is 0.0219. The number of hydrogen-bond donors (Lipinski definition) is 1. The molecule has 0 aliphatic heterocycles. The lowest BCUT2D eigenvalue weighted by atomic mass is 10.3. The summed E-state index contributed by atoms with van der Waals surface area (Å²) in [4.78, 5) is 4.01. The zero-order chi connectivity index (χ0) is 10.2. The first-order valence-corrected chi connectivity index (χ1v) is 5.78. The standard InChI is InChI=1S/C10H15NO2S/c1-2-14-6-5-13-10-4-3-9(8-12)11-7-10/h3-4,7,12H,2,5-6,8H2,1H3. The Morgan fingerprint density at radius 3 is 2.93 bits per heavy atom. The molecular weight excluding hydrogens is 198 g/mol. The molecule has 1 N–H and O–H groups in total. The summed E-state index contributed by atoms with van der Waals surface area (Å²) in [6, 6.07) is 3.59. The van der Waals surface area contributed by atoms with E-state index in [2.05, 4.69) is 11.9 Å². The van der Waals surface area contributed by atoms with Crippen LogP contribution in [0.15, 0.2) is 18.3 Å². The maximum absolute atomic E-state index is 8.77. The molecule has 1 aromatic heterocycles. The van der Waals surface area contributed by atoms with Crippen LogP contribution in [0.3, 0.4) is 0 Å². The van der Waals surface area contributed by atoms with Crippen molar-refractivity contribution in [2.45, 2.75) is 13.5 Å². The Kier molecular flexibility index (Phi) is 5.40. The highest BCUT2D eigenvalue weighted by molar-refractivity contribution is 7.99. The Bertz CT molecular complexity index is 251. The van der Waals surface area contributed by atoms with E-state index in [0.717, 1.165) is 17.3 Å². The zero-order valence-electron chi connectivity index (χ0n) is 8.27. The topological polar surface area (TPSA) is 42.4 Å².